The van der Waals surface area contributed by atoms with E-state index in [1.807, 2.05) is 35.0 Å². The fraction of sp³-hybridized carbons (Fsp3) is 0.278. The number of rotatable bonds is 6. The summed E-state index contributed by atoms with van der Waals surface area (Å²) in [5.41, 5.74) is 2.96. The van der Waals surface area contributed by atoms with E-state index in [0.717, 1.165) is 28.4 Å². The molecular weight excluding hydrogens is 306 g/mol. The second-order valence-corrected chi connectivity index (χ2v) is 6.73. The van der Waals surface area contributed by atoms with E-state index in [0.29, 0.717) is 13.0 Å². The van der Waals surface area contributed by atoms with Gasteiger partial charge in [-0.1, -0.05) is 6.92 Å². The summed E-state index contributed by atoms with van der Waals surface area (Å²) in [4.78, 5) is 22.4. The van der Waals surface area contributed by atoms with Crippen LogP contribution >= 0.6 is 11.3 Å². The van der Waals surface area contributed by atoms with Crippen LogP contribution in [0.4, 0.5) is 0 Å². The highest BCUT2D eigenvalue weighted by molar-refractivity contribution is 7.11. The minimum atomic E-state index is 0.112. The molecule has 118 valence electrons. The van der Waals surface area contributed by atoms with E-state index in [1.165, 1.54) is 4.88 Å². The third-order valence-corrected chi connectivity index (χ3v) is 4.81. The molecule has 3 aromatic rings. The standard InChI is InChI=1S/C18H19N3OS/c1-3-15-13(2)23-18(20-15)11-17(22)16-5-4-10-21(16)12-14-6-8-19-9-7-14/h4-10H,3,11-12H2,1-2H3. The van der Waals surface area contributed by atoms with Gasteiger partial charge in [-0.2, -0.15) is 0 Å². The second-order valence-electron chi connectivity index (χ2n) is 5.44. The van der Waals surface area contributed by atoms with Crippen molar-refractivity contribution in [2.45, 2.75) is 33.2 Å². The highest BCUT2D eigenvalue weighted by atomic mass is 32.1. The smallest absolute Gasteiger partial charge is 0.186 e. The molecule has 23 heavy (non-hydrogen) atoms. The first kappa shape index (κ1) is 15.6. The van der Waals surface area contributed by atoms with Crippen LogP contribution in [0.15, 0.2) is 42.9 Å². The molecule has 0 saturated heterocycles. The lowest BCUT2D eigenvalue weighted by molar-refractivity contribution is 0.0984. The van der Waals surface area contributed by atoms with Crippen LogP contribution in [0.2, 0.25) is 0 Å². The van der Waals surface area contributed by atoms with Crippen molar-refractivity contribution in [1.82, 2.24) is 14.5 Å². The number of hydrogen-bond donors (Lipinski definition) is 0. The molecule has 0 saturated carbocycles. The van der Waals surface area contributed by atoms with E-state index in [4.69, 9.17) is 0 Å². The molecule has 3 rings (SSSR count). The Morgan fingerprint density at radius 1 is 1.26 bits per heavy atom. The van der Waals surface area contributed by atoms with Gasteiger partial charge in [-0.15, -0.1) is 11.3 Å². The van der Waals surface area contributed by atoms with Crippen molar-refractivity contribution in [2.75, 3.05) is 0 Å². The van der Waals surface area contributed by atoms with Gasteiger partial charge < -0.3 is 4.57 Å². The molecular formula is C18H19N3OS. The maximum atomic E-state index is 12.6. The molecule has 0 aromatic carbocycles. The molecule has 3 heterocycles. The Labute approximate surface area is 139 Å². The molecule has 0 aliphatic rings. The lowest BCUT2D eigenvalue weighted by Gasteiger charge is -2.08. The lowest BCUT2D eigenvalue weighted by Crippen LogP contribution is -2.11. The Hall–Kier alpha value is -2.27. The number of Topliss-reactive ketones (excluding diaryl/α,β-unsaturated/α-hetero) is 1. The van der Waals surface area contributed by atoms with Gasteiger partial charge in [0.2, 0.25) is 0 Å². The molecule has 0 radical (unpaired) electrons. The van der Waals surface area contributed by atoms with Gasteiger partial charge in [-0.05, 0) is 43.2 Å². The normalized spacial score (nSPS) is 10.9. The van der Waals surface area contributed by atoms with Crippen LogP contribution in [0, 0.1) is 6.92 Å². The predicted octanol–water partition coefficient (Wildman–Crippen LogP) is 3.68. The summed E-state index contributed by atoms with van der Waals surface area (Å²) in [6.07, 6.45) is 6.76. The molecule has 0 spiro atoms. The van der Waals surface area contributed by atoms with E-state index in [9.17, 15) is 4.79 Å². The number of aryl methyl sites for hydroxylation is 2. The predicted molar refractivity (Wildman–Crippen MR) is 92.0 cm³/mol. The van der Waals surface area contributed by atoms with Gasteiger partial charge in [-0.25, -0.2) is 4.98 Å². The molecule has 5 heteroatoms. The van der Waals surface area contributed by atoms with Crippen LogP contribution in [0.1, 0.15) is 38.6 Å². The van der Waals surface area contributed by atoms with E-state index >= 15 is 0 Å². The number of nitrogens with zero attached hydrogens (tertiary/aromatic N) is 3. The summed E-state index contributed by atoms with van der Waals surface area (Å²) in [5.74, 6) is 0.112. The average Bonchev–Trinajstić information content (AvgIpc) is 3.14. The van der Waals surface area contributed by atoms with Gasteiger partial charge in [0.15, 0.2) is 5.78 Å². The SMILES string of the molecule is CCc1nc(CC(=O)c2cccn2Cc2ccncc2)sc1C. The first-order valence-electron chi connectivity index (χ1n) is 7.69. The minimum Gasteiger partial charge on any atom is -0.341 e. The first-order chi connectivity index (χ1) is 11.2. The molecule has 4 nitrogen and oxygen atoms in total. The molecule has 0 fully saturated rings. The number of thiazole rings is 1. The summed E-state index contributed by atoms with van der Waals surface area (Å²) in [5, 5.41) is 0.904. The van der Waals surface area contributed by atoms with Crippen LogP contribution in [0.3, 0.4) is 0 Å². The number of ketones is 1. The van der Waals surface area contributed by atoms with Crippen molar-refractivity contribution in [2.24, 2.45) is 0 Å². The average molecular weight is 325 g/mol. The number of carbonyl (C=O) groups is 1. The third kappa shape index (κ3) is 3.56. The van der Waals surface area contributed by atoms with Gasteiger partial charge in [-0.3, -0.25) is 9.78 Å². The van der Waals surface area contributed by atoms with Crippen molar-refractivity contribution in [3.05, 3.63) is 69.7 Å². The van der Waals surface area contributed by atoms with Gasteiger partial charge >= 0.3 is 0 Å². The molecule has 0 bridgehead atoms. The Morgan fingerprint density at radius 3 is 2.74 bits per heavy atom. The summed E-state index contributed by atoms with van der Waals surface area (Å²) >= 11 is 1.62. The molecule has 0 aliphatic heterocycles. The number of carbonyl (C=O) groups excluding carboxylic acids is 1. The van der Waals surface area contributed by atoms with E-state index < -0.39 is 0 Å². The summed E-state index contributed by atoms with van der Waals surface area (Å²) in [7, 11) is 0. The van der Waals surface area contributed by atoms with Gasteiger partial charge in [0.05, 0.1) is 17.8 Å². The minimum absolute atomic E-state index is 0.112. The number of pyridine rings is 1. The zero-order valence-electron chi connectivity index (χ0n) is 13.3. The number of hydrogen-bond acceptors (Lipinski definition) is 4. The van der Waals surface area contributed by atoms with Gasteiger partial charge in [0.1, 0.15) is 5.01 Å². The Balaban J connectivity index is 1.76. The molecule has 0 N–H and O–H groups in total. The van der Waals surface area contributed by atoms with E-state index in [-0.39, 0.29) is 5.78 Å². The fourth-order valence-corrected chi connectivity index (χ4v) is 3.63. The zero-order valence-corrected chi connectivity index (χ0v) is 14.1. The van der Waals surface area contributed by atoms with Gasteiger partial charge in [0, 0.05) is 30.0 Å². The van der Waals surface area contributed by atoms with E-state index in [2.05, 4.69) is 23.8 Å². The highest BCUT2D eigenvalue weighted by Crippen LogP contribution is 2.20. The number of aromatic nitrogens is 3. The van der Waals surface area contributed by atoms with Crippen molar-refractivity contribution in [1.29, 1.82) is 0 Å². The second kappa shape index (κ2) is 6.87. The molecule has 0 atom stereocenters. The largest absolute Gasteiger partial charge is 0.341 e. The third-order valence-electron chi connectivity index (χ3n) is 3.80. The fourth-order valence-electron chi connectivity index (χ4n) is 2.61. The Bertz CT molecular complexity index is 805. The Morgan fingerprint density at radius 2 is 2.04 bits per heavy atom. The summed E-state index contributed by atoms with van der Waals surface area (Å²) < 4.78 is 1.98. The highest BCUT2D eigenvalue weighted by Gasteiger charge is 2.15. The van der Waals surface area contributed by atoms with Crippen LogP contribution in [-0.4, -0.2) is 20.3 Å². The van der Waals surface area contributed by atoms with Crippen molar-refractivity contribution in [3.8, 4) is 0 Å². The Kier molecular flexibility index (Phi) is 4.67. The molecule has 3 aromatic heterocycles. The molecule has 0 aliphatic carbocycles. The monoisotopic (exact) mass is 325 g/mol. The van der Waals surface area contributed by atoms with E-state index in [1.54, 1.807) is 23.7 Å². The zero-order chi connectivity index (χ0) is 16.2. The first-order valence-corrected chi connectivity index (χ1v) is 8.51. The van der Waals surface area contributed by atoms with Crippen LogP contribution in [-0.2, 0) is 19.4 Å². The van der Waals surface area contributed by atoms with Crippen LogP contribution < -0.4 is 0 Å². The van der Waals surface area contributed by atoms with Crippen LogP contribution in [0.25, 0.3) is 0 Å². The summed E-state index contributed by atoms with van der Waals surface area (Å²) in [6, 6.07) is 7.72. The topological polar surface area (TPSA) is 47.8 Å². The van der Waals surface area contributed by atoms with Crippen molar-refractivity contribution >= 4 is 17.1 Å². The lowest BCUT2D eigenvalue weighted by atomic mass is 10.2. The summed E-state index contributed by atoms with van der Waals surface area (Å²) in [6.45, 7) is 4.83. The quantitative estimate of drug-likeness (QED) is 0.650. The van der Waals surface area contributed by atoms with Crippen molar-refractivity contribution < 1.29 is 4.79 Å². The maximum absolute atomic E-state index is 12.6. The maximum Gasteiger partial charge on any atom is 0.186 e. The van der Waals surface area contributed by atoms with Crippen molar-refractivity contribution in [3.63, 3.8) is 0 Å². The molecule has 0 unspecified atom stereocenters. The van der Waals surface area contributed by atoms with Crippen LogP contribution in [0.5, 0.6) is 0 Å². The van der Waals surface area contributed by atoms with Gasteiger partial charge in [0.25, 0.3) is 0 Å². The molecule has 0 amide bonds.